The van der Waals surface area contributed by atoms with Crippen molar-refractivity contribution < 1.29 is 0 Å². The molecule has 4 heteroatoms. The average molecular weight is 292 g/mol. The van der Waals surface area contributed by atoms with Crippen molar-refractivity contribution in [1.82, 2.24) is 9.97 Å². The summed E-state index contributed by atoms with van der Waals surface area (Å²) in [5.74, 6) is 3.09. The fourth-order valence-electron chi connectivity index (χ4n) is 2.27. The van der Waals surface area contributed by atoms with E-state index in [2.05, 4.69) is 55.2 Å². The minimum Gasteiger partial charge on any atom is -0.370 e. The summed E-state index contributed by atoms with van der Waals surface area (Å²) < 4.78 is 0. The van der Waals surface area contributed by atoms with Crippen LogP contribution < -0.4 is 10.6 Å². The van der Waals surface area contributed by atoms with Crippen molar-refractivity contribution in [3.05, 3.63) is 11.9 Å². The lowest BCUT2D eigenvalue weighted by molar-refractivity contribution is 0.592. The summed E-state index contributed by atoms with van der Waals surface area (Å²) in [7, 11) is 0. The third-order valence-electron chi connectivity index (χ3n) is 3.50. The van der Waals surface area contributed by atoms with Gasteiger partial charge in [-0.05, 0) is 20.3 Å². The number of hydrogen-bond donors (Lipinski definition) is 2. The molecule has 0 aliphatic carbocycles. The summed E-state index contributed by atoms with van der Waals surface area (Å²) >= 11 is 0. The maximum Gasteiger partial charge on any atom is 0.135 e. The van der Waals surface area contributed by atoms with E-state index in [-0.39, 0.29) is 0 Å². The predicted octanol–water partition coefficient (Wildman–Crippen LogP) is 4.80. The van der Waals surface area contributed by atoms with Crippen LogP contribution in [-0.2, 0) is 0 Å². The number of nitrogens with zero attached hydrogens (tertiary/aromatic N) is 2. The maximum atomic E-state index is 4.64. The molecule has 0 radical (unpaired) electrons. The van der Waals surface area contributed by atoms with Gasteiger partial charge in [0, 0.05) is 24.6 Å². The van der Waals surface area contributed by atoms with Gasteiger partial charge in [0.25, 0.3) is 0 Å². The fourth-order valence-corrected chi connectivity index (χ4v) is 2.27. The lowest BCUT2D eigenvalue weighted by atomic mass is 10.1. The molecule has 1 heterocycles. The van der Waals surface area contributed by atoms with Crippen LogP contribution in [0.4, 0.5) is 11.6 Å². The van der Waals surface area contributed by atoms with Crippen molar-refractivity contribution in [2.24, 2.45) is 0 Å². The van der Waals surface area contributed by atoms with E-state index in [0.717, 1.165) is 24.0 Å². The second-order valence-corrected chi connectivity index (χ2v) is 6.08. The molecule has 0 amide bonds. The Hall–Kier alpha value is -1.32. The Morgan fingerprint density at radius 1 is 1.00 bits per heavy atom. The zero-order chi connectivity index (χ0) is 15.7. The smallest absolute Gasteiger partial charge is 0.135 e. The Kier molecular flexibility index (Phi) is 8.09. The van der Waals surface area contributed by atoms with E-state index in [1.807, 2.05) is 6.07 Å². The molecule has 2 N–H and O–H groups in total. The molecular formula is C17H32N4. The van der Waals surface area contributed by atoms with Gasteiger partial charge in [-0.3, -0.25) is 0 Å². The van der Waals surface area contributed by atoms with Crippen molar-refractivity contribution in [2.75, 3.05) is 17.2 Å². The van der Waals surface area contributed by atoms with Crippen LogP contribution in [0.5, 0.6) is 0 Å². The van der Waals surface area contributed by atoms with Crippen LogP contribution in [0, 0.1) is 0 Å². The fraction of sp³-hybridized carbons (Fsp3) is 0.765. The van der Waals surface area contributed by atoms with Crippen LogP contribution in [0.2, 0.25) is 0 Å². The highest BCUT2D eigenvalue weighted by atomic mass is 15.1. The van der Waals surface area contributed by atoms with Crippen LogP contribution in [0.15, 0.2) is 6.07 Å². The van der Waals surface area contributed by atoms with E-state index in [9.17, 15) is 0 Å². The van der Waals surface area contributed by atoms with Crippen LogP contribution >= 0.6 is 0 Å². The van der Waals surface area contributed by atoms with Crippen molar-refractivity contribution in [1.29, 1.82) is 0 Å². The molecule has 120 valence electrons. The molecular weight excluding hydrogens is 260 g/mol. The molecule has 1 aromatic rings. The van der Waals surface area contributed by atoms with Gasteiger partial charge in [0.15, 0.2) is 0 Å². The zero-order valence-corrected chi connectivity index (χ0v) is 14.4. The van der Waals surface area contributed by atoms with E-state index < -0.39 is 0 Å². The van der Waals surface area contributed by atoms with E-state index in [1.54, 1.807) is 0 Å². The largest absolute Gasteiger partial charge is 0.370 e. The molecule has 0 saturated heterocycles. The van der Waals surface area contributed by atoms with Crippen LogP contribution in [0.3, 0.4) is 0 Å². The second-order valence-electron chi connectivity index (χ2n) is 6.08. The Morgan fingerprint density at radius 2 is 1.71 bits per heavy atom. The minimum atomic E-state index is 0.337. The van der Waals surface area contributed by atoms with Crippen LogP contribution in [0.1, 0.15) is 78.5 Å². The van der Waals surface area contributed by atoms with Gasteiger partial charge in [0.1, 0.15) is 17.5 Å². The Labute approximate surface area is 130 Å². The molecule has 1 unspecified atom stereocenters. The summed E-state index contributed by atoms with van der Waals surface area (Å²) in [6.45, 7) is 11.7. The number of aromatic nitrogens is 2. The van der Waals surface area contributed by atoms with Crippen molar-refractivity contribution >= 4 is 11.6 Å². The quantitative estimate of drug-likeness (QED) is 0.608. The molecule has 0 bridgehead atoms. The number of rotatable bonds is 10. The van der Waals surface area contributed by atoms with Crippen molar-refractivity contribution in [2.45, 2.75) is 78.7 Å². The summed E-state index contributed by atoms with van der Waals surface area (Å²) in [6.07, 6.45) is 6.42. The highest BCUT2D eigenvalue weighted by Gasteiger charge is 2.09. The molecule has 0 aliphatic rings. The van der Waals surface area contributed by atoms with Gasteiger partial charge in [-0.1, -0.05) is 46.5 Å². The van der Waals surface area contributed by atoms with Crippen LogP contribution in [-0.4, -0.2) is 22.6 Å². The van der Waals surface area contributed by atoms with Crippen molar-refractivity contribution in [3.63, 3.8) is 0 Å². The third kappa shape index (κ3) is 6.78. The van der Waals surface area contributed by atoms with E-state index in [4.69, 9.17) is 0 Å². The second kappa shape index (κ2) is 9.59. The minimum absolute atomic E-state index is 0.337. The predicted molar refractivity (Wildman–Crippen MR) is 92.1 cm³/mol. The first kappa shape index (κ1) is 17.7. The molecule has 0 saturated carbocycles. The standard InChI is InChI=1S/C17H32N4/c1-6-8-9-10-11-14(5)19-16-12-15(18-7-2)20-17(21-16)13(3)4/h12-14H,6-11H2,1-5H3,(H2,18,19,20,21). The topological polar surface area (TPSA) is 49.8 Å². The molecule has 0 aliphatic heterocycles. The summed E-state index contributed by atoms with van der Waals surface area (Å²) in [5.41, 5.74) is 0. The highest BCUT2D eigenvalue weighted by molar-refractivity contribution is 5.48. The van der Waals surface area contributed by atoms with Gasteiger partial charge in [-0.2, -0.15) is 0 Å². The van der Waals surface area contributed by atoms with Gasteiger partial charge in [-0.25, -0.2) is 9.97 Å². The lowest BCUT2D eigenvalue weighted by Crippen LogP contribution is -2.17. The van der Waals surface area contributed by atoms with E-state index in [0.29, 0.717) is 12.0 Å². The number of anilines is 2. The molecule has 1 aromatic heterocycles. The maximum absolute atomic E-state index is 4.64. The van der Waals surface area contributed by atoms with Crippen LogP contribution in [0.25, 0.3) is 0 Å². The van der Waals surface area contributed by atoms with Crippen molar-refractivity contribution in [3.8, 4) is 0 Å². The Morgan fingerprint density at radius 3 is 2.33 bits per heavy atom. The summed E-state index contributed by atoms with van der Waals surface area (Å²) in [6, 6.07) is 2.46. The van der Waals surface area contributed by atoms with Gasteiger partial charge < -0.3 is 10.6 Å². The molecule has 21 heavy (non-hydrogen) atoms. The number of nitrogens with one attached hydrogen (secondary N) is 2. The highest BCUT2D eigenvalue weighted by Crippen LogP contribution is 2.18. The monoisotopic (exact) mass is 292 g/mol. The number of unbranched alkanes of at least 4 members (excludes halogenated alkanes) is 3. The summed E-state index contributed by atoms with van der Waals surface area (Å²) in [4.78, 5) is 9.19. The molecule has 0 fully saturated rings. The average Bonchev–Trinajstić information content (AvgIpc) is 2.43. The lowest BCUT2D eigenvalue weighted by Gasteiger charge is -2.17. The normalized spacial score (nSPS) is 12.5. The van der Waals surface area contributed by atoms with E-state index in [1.165, 1.54) is 32.1 Å². The number of hydrogen-bond acceptors (Lipinski definition) is 4. The molecule has 0 spiro atoms. The molecule has 0 aromatic carbocycles. The Bertz CT molecular complexity index is 404. The third-order valence-corrected chi connectivity index (χ3v) is 3.50. The van der Waals surface area contributed by atoms with Gasteiger partial charge in [0.2, 0.25) is 0 Å². The Balaban J connectivity index is 2.63. The first-order chi connectivity index (χ1) is 10.1. The first-order valence-corrected chi connectivity index (χ1v) is 8.46. The zero-order valence-electron chi connectivity index (χ0n) is 14.4. The van der Waals surface area contributed by atoms with Gasteiger partial charge in [0.05, 0.1) is 0 Å². The molecule has 4 nitrogen and oxygen atoms in total. The molecule has 1 rings (SSSR count). The first-order valence-electron chi connectivity index (χ1n) is 8.46. The summed E-state index contributed by atoms with van der Waals surface area (Å²) in [5, 5.41) is 6.81. The molecule has 1 atom stereocenters. The van der Waals surface area contributed by atoms with Gasteiger partial charge >= 0.3 is 0 Å². The van der Waals surface area contributed by atoms with Gasteiger partial charge in [-0.15, -0.1) is 0 Å². The SMILES string of the molecule is CCCCCCC(C)Nc1cc(NCC)nc(C(C)C)n1. The van der Waals surface area contributed by atoms with E-state index >= 15 is 0 Å².